The van der Waals surface area contributed by atoms with Gasteiger partial charge in [0.25, 0.3) is 0 Å². The molecule has 0 aliphatic heterocycles. The molecule has 1 heterocycles. The van der Waals surface area contributed by atoms with Gasteiger partial charge in [0.15, 0.2) is 5.82 Å². The van der Waals surface area contributed by atoms with Crippen LogP contribution >= 0.6 is 23.2 Å². The van der Waals surface area contributed by atoms with E-state index in [1.165, 1.54) is 20.9 Å². The van der Waals surface area contributed by atoms with Crippen LogP contribution in [0.4, 0.5) is 0 Å². The van der Waals surface area contributed by atoms with Gasteiger partial charge in [0, 0.05) is 17.2 Å². The van der Waals surface area contributed by atoms with Crippen LogP contribution in [-0.4, -0.2) is 27.6 Å². The van der Waals surface area contributed by atoms with Gasteiger partial charge in [-0.05, 0) is 43.7 Å². The Kier molecular flexibility index (Phi) is 13.8. The molecule has 0 aliphatic carbocycles. The molecule has 0 aromatic carbocycles. The van der Waals surface area contributed by atoms with E-state index < -0.39 is 0 Å². The molecular formula is C21H29Cl2N3O2. The Labute approximate surface area is 177 Å². The molecule has 0 radical (unpaired) electrons. The molecule has 0 unspecified atom stereocenters. The summed E-state index contributed by atoms with van der Waals surface area (Å²) in [6, 6.07) is 0. The van der Waals surface area contributed by atoms with Crippen molar-refractivity contribution < 1.29 is 4.74 Å². The summed E-state index contributed by atoms with van der Waals surface area (Å²) in [7, 11) is 0. The first-order chi connectivity index (χ1) is 13.5. The quantitative estimate of drug-likeness (QED) is 0.362. The maximum atomic E-state index is 12.8. The van der Waals surface area contributed by atoms with Crippen LogP contribution in [-0.2, 0) is 11.3 Å². The number of hydrogen-bond donors (Lipinski definition) is 0. The first-order valence-electron chi connectivity index (χ1n) is 9.04. The molecule has 0 aliphatic rings. The SMILES string of the molecule is C=C/C(Cl)=C\C=C(/C)c1nn(CCOCC)c(=O)n1/C(C=C)=C/C=C/Cl.CC. The summed E-state index contributed by atoms with van der Waals surface area (Å²) in [6.07, 6.45) is 9.84. The van der Waals surface area contributed by atoms with E-state index in [0.717, 1.165) is 5.57 Å². The zero-order valence-electron chi connectivity index (χ0n) is 17.0. The lowest BCUT2D eigenvalue weighted by Crippen LogP contribution is -2.26. The van der Waals surface area contributed by atoms with E-state index in [4.69, 9.17) is 27.9 Å². The largest absolute Gasteiger partial charge is 0.380 e. The minimum atomic E-state index is -0.291. The Balaban J connectivity index is 0.00000352. The molecule has 0 saturated carbocycles. The van der Waals surface area contributed by atoms with Crippen LogP contribution < -0.4 is 5.69 Å². The number of rotatable bonds is 10. The molecule has 0 spiro atoms. The summed E-state index contributed by atoms with van der Waals surface area (Å²) in [4.78, 5) is 12.8. The first kappa shape index (κ1) is 25.9. The van der Waals surface area contributed by atoms with Crippen molar-refractivity contribution in [3.05, 3.63) is 76.5 Å². The van der Waals surface area contributed by atoms with Gasteiger partial charge in [0.05, 0.1) is 18.8 Å². The number of nitrogens with zero attached hydrogens (tertiary/aromatic N) is 3. The van der Waals surface area contributed by atoms with Gasteiger partial charge in [0.1, 0.15) is 0 Å². The zero-order valence-corrected chi connectivity index (χ0v) is 18.5. The molecule has 0 atom stereocenters. The maximum Gasteiger partial charge on any atom is 0.350 e. The molecule has 0 amide bonds. The van der Waals surface area contributed by atoms with E-state index in [9.17, 15) is 4.79 Å². The van der Waals surface area contributed by atoms with E-state index in [1.54, 1.807) is 30.4 Å². The highest BCUT2D eigenvalue weighted by molar-refractivity contribution is 6.31. The topological polar surface area (TPSA) is 49.1 Å². The lowest BCUT2D eigenvalue weighted by atomic mass is 10.2. The standard InChI is InChI=1S/C19H23Cl2N3O2.C2H6/c1-5-16(21)11-10-15(4)18-22-23(13-14-26-7-3)19(25)24(18)17(6-2)9-8-12-20;1-2/h5-6,8-12H,1-2,7,13-14H2,3-4H3;1-2H3/b12-8+,15-10+,16-11+,17-9+;. The fourth-order valence-corrected chi connectivity index (χ4v) is 2.19. The summed E-state index contributed by atoms with van der Waals surface area (Å²) in [5.74, 6) is 0.477. The molecule has 1 aromatic heterocycles. The smallest absolute Gasteiger partial charge is 0.350 e. The van der Waals surface area contributed by atoms with Crippen LogP contribution in [0.5, 0.6) is 0 Å². The van der Waals surface area contributed by atoms with E-state index in [2.05, 4.69) is 18.3 Å². The van der Waals surface area contributed by atoms with Gasteiger partial charge >= 0.3 is 5.69 Å². The van der Waals surface area contributed by atoms with Gasteiger partial charge in [-0.15, -0.1) is 5.10 Å². The molecule has 0 fully saturated rings. The molecule has 154 valence electrons. The predicted octanol–water partition coefficient (Wildman–Crippen LogP) is 5.60. The van der Waals surface area contributed by atoms with Crippen molar-refractivity contribution in [1.82, 2.24) is 14.3 Å². The molecule has 7 heteroatoms. The summed E-state index contributed by atoms with van der Waals surface area (Å²) >= 11 is 11.5. The molecule has 1 aromatic rings. The minimum absolute atomic E-state index is 0.291. The Morgan fingerprint density at radius 1 is 1.21 bits per heavy atom. The lowest BCUT2D eigenvalue weighted by molar-refractivity contribution is 0.135. The summed E-state index contributed by atoms with van der Waals surface area (Å²) in [5, 5.41) is 4.92. The lowest BCUT2D eigenvalue weighted by Gasteiger charge is -2.05. The highest BCUT2D eigenvalue weighted by Crippen LogP contribution is 2.16. The average molecular weight is 426 g/mol. The van der Waals surface area contributed by atoms with Crippen molar-refractivity contribution in [3.8, 4) is 0 Å². The third-order valence-electron chi connectivity index (χ3n) is 3.34. The second-order valence-electron chi connectivity index (χ2n) is 5.08. The molecule has 0 saturated heterocycles. The van der Waals surface area contributed by atoms with Crippen molar-refractivity contribution in [2.75, 3.05) is 13.2 Å². The van der Waals surface area contributed by atoms with Crippen molar-refractivity contribution in [1.29, 1.82) is 0 Å². The highest BCUT2D eigenvalue weighted by atomic mass is 35.5. The Morgan fingerprint density at radius 3 is 2.43 bits per heavy atom. The van der Waals surface area contributed by atoms with Crippen molar-refractivity contribution in [2.24, 2.45) is 0 Å². The van der Waals surface area contributed by atoms with Gasteiger partial charge in [-0.2, -0.15) is 0 Å². The number of ether oxygens (including phenoxy) is 1. The average Bonchev–Trinajstić information content (AvgIpc) is 3.05. The molecular weight excluding hydrogens is 397 g/mol. The Hall–Kier alpha value is -2.08. The number of aromatic nitrogens is 3. The van der Waals surface area contributed by atoms with E-state index in [-0.39, 0.29) is 5.69 Å². The summed E-state index contributed by atoms with van der Waals surface area (Å²) in [6.45, 7) is 16.4. The van der Waals surface area contributed by atoms with Crippen LogP contribution in [0.15, 0.2) is 65.0 Å². The minimum Gasteiger partial charge on any atom is -0.380 e. The van der Waals surface area contributed by atoms with Crippen LogP contribution in [0, 0.1) is 0 Å². The highest BCUT2D eigenvalue weighted by Gasteiger charge is 2.16. The Bertz CT molecular complexity index is 812. The van der Waals surface area contributed by atoms with Gasteiger partial charge in [-0.25, -0.2) is 14.0 Å². The van der Waals surface area contributed by atoms with E-state index >= 15 is 0 Å². The van der Waals surface area contributed by atoms with Crippen LogP contribution in [0.1, 0.15) is 33.5 Å². The van der Waals surface area contributed by atoms with Gasteiger partial charge in [0.2, 0.25) is 0 Å². The predicted molar refractivity (Wildman–Crippen MR) is 122 cm³/mol. The first-order valence-corrected chi connectivity index (χ1v) is 9.85. The summed E-state index contributed by atoms with van der Waals surface area (Å²) < 4.78 is 8.16. The third-order valence-corrected chi connectivity index (χ3v) is 3.76. The number of allylic oxidation sites excluding steroid dienone is 9. The van der Waals surface area contributed by atoms with Crippen molar-refractivity contribution in [2.45, 2.75) is 34.2 Å². The van der Waals surface area contributed by atoms with Crippen molar-refractivity contribution in [3.63, 3.8) is 0 Å². The molecule has 5 nitrogen and oxygen atoms in total. The number of halogens is 2. The van der Waals surface area contributed by atoms with Crippen LogP contribution in [0.2, 0.25) is 0 Å². The second kappa shape index (κ2) is 14.9. The second-order valence-corrected chi connectivity index (χ2v) is 5.77. The fraction of sp³-hybridized carbons (Fsp3) is 0.333. The fourth-order valence-electron chi connectivity index (χ4n) is 2.05. The summed E-state index contributed by atoms with van der Waals surface area (Å²) in [5.41, 5.74) is 2.36. The third kappa shape index (κ3) is 7.89. The molecule has 0 bridgehead atoms. The van der Waals surface area contributed by atoms with Crippen LogP contribution in [0.3, 0.4) is 0 Å². The molecule has 1 rings (SSSR count). The van der Waals surface area contributed by atoms with Gasteiger partial charge in [-0.3, -0.25) is 0 Å². The Morgan fingerprint density at radius 2 is 1.89 bits per heavy atom. The van der Waals surface area contributed by atoms with E-state index in [0.29, 0.717) is 36.3 Å². The molecule has 28 heavy (non-hydrogen) atoms. The maximum absolute atomic E-state index is 12.8. The normalized spacial score (nSPS) is 12.7. The number of hydrogen-bond acceptors (Lipinski definition) is 3. The van der Waals surface area contributed by atoms with Gasteiger partial charge in [-0.1, -0.05) is 62.4 Å². The van der Waals surface area contributed by atoms with E-state index in [1.807, 2.05) is 27.7 Å². The van der Waals surface area contributed by atoms with Gasteiger partial charge < -0.3 is 4.74 Å². The monoisotopic (exact) mass is 425 g/mol. The zero-order chi connectivity index (χ0) is 21.5. The molecule has 0 N–H and O–H groups in total. The van der Waals surface area contributed by atoms with Crippen molar-refractivity contribution >= 4 is 34.5 Å². The van der Waals surface area contributed by atoms with Crippen LogP contribution in [0.25, 0.3) is 11.3 Å².